The summed E-state index contributed by atoms with van der Waals surface area (Å²) in [5.41, 5.74) is 4.17. The highest BCUT2D eigenvalue weighted by Crippen LogP contribution is 2.27. The highest BCUT2D eigenvalue weighted by atomic mass is 32.2. The number of nitrogens with zero attached hydrogens (tertiary/aromatic N) is 2. The molecule has 0 aromatic heterocycles. The number of thioether (sulfide) groups is 1. The number of likely N-dealkylation sites (N-methyl/N-ethyl adjacent to an activating group) is 1. The van der Waals surface area contributed by atoms with Crippen LogP contribution in [0.4, 0.5) is 5.69 Å². The number of benzene rings is 3. The topological polar surface area (TPSA) is 90.9 Å². The number of hydrogen-bond acceptors (Lipinski definition) is 5. The quantitative estimate of drug-likeness (QED) is 0.426. The van der Waals surface area contributed by atoms with E-state index in [0.29, 0.717) is 23.6 Å². The number of nitrogens with one attached hydrogen (secondary N) is 2. The van der Waals surface area contributed by atoms with Crippen LogP contribution < -0.4 is 15.5 Å². The molecule has 190 valence electrons. The molecule has 0 aliphatic carbocycles. The van der Waals surface area contributed by atoms with Gasteiger partial charge in [0.15, 0.2) is 0 Å². The van der Waals surface area contributed by atoms with Crippen molar-refractivity contribution in [3.63, 3.8) is 0 Å². The van der Waals surface area contributed by atoms with E-state index in [9.17, 15) is 14.4 Å². The molecule has 3 aromatic carbocycles. The van der Waals surface area contributed by atoms with Crippen LogP contribution in [0.1, 0.15) is 30.0 Å². The molecule has 2 N–H and O–H groups in total. The van der Waals surface area contributed by atoms with Gasteiger partial charge in [-0.05, 0) is 18.6 Å². The third-order valence-corrected chi connectivity index (χ3v) is 7.06. The van der Waals surface area contributed by atoms with Gasteiger partial charge in [-0.2, -0.15) is 11.8 Å². The van der Waals surface area contributed by atoms with E-state index in [1.54, 1.807) is 25.7 Å². The van der Waals surface area contributed by atoms with Crippen molar-refractivity contribution < 1.29 is 14.4 Å². The zero-order valence-electron chi connectivity index (χ0n) is 20.9. The van der Waals surface area contributed by atoms with Crippen LogP contribution >= 0.6 is 11.8 Å². The number of carbonyl (C=O) groups excluding carboxylic acids is 3. The van der Waals surface area contributed by atoms with Gasteiger partial charge in [-0.1, -0.05) is 78.9 Å². The summed E-state index contributed by atoms with van der Waals surface area (Å²) in [6.07, 6.45) is -0.827. The van der Waals surface area contributed by atoms with Crippen molar-refractivity contribution in [2.45, 2.75) is 31.3 Å². The molecular weight excluding hydrogens is 484 g/mol. The maximum absolute atomic E-state index is 13.3. The zero-order chi connectivity index (χ0) is 26.2. The van der Waals surface area contributed by atoms with Crippen LogP contribution in [-0.2, 0) is 20.1 Å². The van der Waals surface area contributed by atoms with Gasteiger partial charge in [0.1, 0.15) is 6.04 Å². The number of fused-ring (bicyclic) bond motifs is 1. The molecule has 0 fully saturated rings. The molecule has 0 unspecified atom stereocenters. The SMILES string of the molecule is C[C@H](NC(=O)CCSCc1ccccc1)C(=O)N[C@H]1N=C(c2ccccc2)c2ccccc2N(C)C1=O. The van der Waals surface area contributed by atoms with E-state index in [4.69, 9.17) is 0 Å². The highest BCUT2D eigenvalue weighted by molar-refractivity contribution is 7.98. The molecule has 4 rings (SSSR count). The van der Waals surface area contributed by atoms with Crippen LogP contribution in [0.25, 0.3) is 0 Å². The van der Waals surface area contributed by atoms with Crippen molar-refractivity contribution in [1.29, 1.82) is 0 Å². The van der Waals surface area contributed by atoms with E-state index in [1.807, 2.05) is 72.8 Å². The first-order valence-corrected chi connectivity index (χ1v) is 13.3. The van der Waals surface area contributed by atoms with Crippen LogP contribution in [0.15, 0.2) is 89.9 Å². The third kappa shape index (κ3) is 6.65. The van der Waals surface area contributed by atoms with E-state index in [0.717, 1.165) is 16.9 Å². The van der Waals surface area contributed by atoms with E-state index in [1.165, 1.54) is 10.5 Å². The Morgan fingerprint density at radius 1 is 0.973 bits per heavy atom. The molecule has 2 atom stereocenters. The van der Waals surface area contributed by atoms with Crippen molar-refractivity contribution in [3.05, 3.63) is 102 Å². The molecule has 8 heteroatoms. The molecule has 1 aliphatic rings. The van der Waals surface area contributed by atoms with Crippen LogP contribution in [0.5, 0.6) is 0 Å². The zero-order valence-corrected chi connectivity index (χ0v) is 21.7. The summed E-state index contributed by atoms with van der Waals surface area (Å²) in [5.74, 6) is 0.422. The highest BCUT2D eigenvalue weighted by Gasteiger charge is 2.32. The molecule has 3 amide bonds. The van der Waals surface area contributed by atoms with Gasteiger partial charge in [0.2, 0.25) is 18.0 Å². The van der Waals surface area contributed by atoms with Crippen LogP contribution in [0.2, 0.25) is 0 Å². The first-order valence-electron chi connectivity index (χ1n) is 12.2. The lowest BCUT2D eigenvalue weighted by molar-refractivity contribution is -0.130. The molecule has 0 saturated heterocycles. The number of amides is 3. The number of para-hydroxylation sites is 1. The summed E-state index contributed by atoms with van der Waals surface area (Å²) in [6.45, 7) is 1.60. The predicted molar refractivity (Wildman–Crippen MR) is 149 cm³/mol. The summed E-state index contributed by atoms with van der Waals surface area (Å²) >= 11 is 1.66. The van der Waals surface area contributed by atoms with Gasteiger partial charge < -0.3 is 15.5 Å². The molecular formula is C29H30N4O3S. The van der Waals surface area contributed by atoms with Gasteiger partial charge in [0.05, 0.1) is 11.4 Å². The number of rotatable bonds is 9. The second kappa shape index (κ2) is 12.4. The van der Waals surface area contributed by atoms with Gasteiger partial charge in [-0.15, -0.1) is 0 Å². The Labute approximate surface area is 221 Å². The summed E-state index contributed by atoms with van der Waals surface area (Å²) in [7, 11) is 1.67. The van der Waals surface area contributed by atoms with E-state index in [2.05, 4.69) is 27.8 Å². The fraction of sp³-hybridized carbons (Fsp3) is 0.241. The fourth-order valence-corrected chi connectivity index (χ4v) is 4.91. The standard InChI is InChI=1S/C29H30N4O3S/c1-20(30-25(34)17-18-37-19-21-11-5-3-6-12-21)28(35)32-27-29(36)33(2)24-16-10-9-15-23(24)26(31-27)22-13-7-4-8-14-22/h3-16,20,27H,17-19H2,1-2H3,(H,30,34)(H,32,35)/t20-,27+/m0/s1. The molecule has 0 saturated carbocycles. The lowest BCUT2D eigenvalue weighted by Gasteiger charge is -2.22. The van der Waals surface area contributed by atoms with Gasteiger partial charge in [-0.3, -0.25) is 14.4 Å². The first kappa shape index (κ1) is 26.2. The Balaban J connectivity index is 1.40. The minimum absolute atomic E-state index is 0.214. The maximum Gasteiger partial charge on any atom is 0.272 e. The minimum Gasteiger partial charge on any atom is -0.345 e. The molecule has 3 aromatic rings. The van der Waals surface area contributed by atoms with Crippen LogP contribution in [0.3, 0.4) is 0 Å². The Kier molecular flexibility index (Phi) is 8.74. The van der Waals surface area contributed by atoms with Crippen LogP contribution in [-0.4, -0.2) is 48.4 Å². The molecule has 1 heterocycles. The Morgan fingerprint density at radius 2 is 1.62 bits per heavy atom. The van der Waals surface area contributed by atoms with Crippen molar-refractivity contribution in [2.75, 3.05) is 17.7 Å². The number of anilines is 1. The van der Waals surface area contributed by atoms with Gasteiger partial charge in [0.25, 0.3) is 5.91 Å². The van der Waals surface area contributed by atoms with Crippen molar-refractivity contribution in [3.8, 4) is 0 Å². The van der Waals surface area contributed by atoms with E-state index < -0.39 is 18.1 Å². The Hall–Kier alpha value is -3.91. The summed E-state index contributed by atoms with van der Waals surface area (Å²) < 4.78 is 0. The molecule has 7 nitrogen and oxygen atoms in total. The molecule has 0 radical (unpaired) electrons. The van der Waals surface area contributed by atoms with Crippen molar-refractivity contribution in [1.82, 2.24) is 10.6 Å². The van der Waals surface area contributed by atoms with Crippen molar-refractivity contribution >= 4 is 40.9 Å². The largest absolute Gasteiger partial charge is 0.345 e. The normalized spacial score (nSPS) is 15.7. The Morgan fingerprint density at radius 3 is 2.35 bits per heavy atom. The Bertz CT molecular complexity index is 1280. The average molecular weight is 515 g/mol. The second-order valence-corrected chi connectivity index (χ2v) is 9.85. The second-order valence-electron chi connectivity index (χ2n) is 8.75. The number of hydrogen-bond donors (Lipinski definition) is 2. The van der Waals surface area contributed by atoms with Gasteiger partial charge in [0, 0.05) is 36.1 Å². The third-order valence-electron chi connectivity index (χ3n) is 6.03. The first-order chi connectivity index (χ1) is 17.9. The van der Waals surface area contributed by atoms with Gasteiger partial charge in [-0.25, -0.2) is 4.99 Å². The number of aliphatic imine (C=N–C) groups is 1. The summed E-state index contributed by atoms with van der Waals surface area (Å²) in [6, 6.07) is 26.3. The fourth-order valence-electron chi connectivity index (χ4n) is 4.01. The molecule has 37 heavy (non-hydrogen) atoms. The van der Waals surface area contributed by atoms with Gasteiger partial charge >= 0.3 is 0 Å². The average Bonchev–Trinajstić information content (AvgIpc) is 3.03. The molecule has 1 aliphatic heterocycles. The monoisotopic (exact) mass is 514 g/mol. The minimum atomic E-state index is -1.12. The molecule has 0 bridgehead atoms. The van der Waals surface area contributed by atoms with Crippen LogP contribution in [0, 0.1) is 0 Å². The number of benzodiazepines with no additional fused rings is 1. The van der Waals surface area contributed by atoms with E-state index in [-0.39, 0.29) is 11.8 Å². The lowest BCUT2D eigenvalue weighted by Crippen LogP contribution is -2.52. The summed E-state index contributed by atoms with van der Waals surface area (Å²) in [4.78, 5) is 44.8. The predicted octanol–water partition coefficient (Wildman–Crippen LogP) is 3.77. The van der Waals surface area contributed by atoms with E-state index >= 15 is 0 Å². The smallest absolute Gasteiger partial charge is 0.272 e. The maximum atomic E-state index is 13.3. The molecule has 0 spiro atoms. The lowest BCUT2D eigenvalue weighted by atomic mass is 10.0. The van der Waals surface area contributed by atoms with Crippen molar-refractivity contribution in [2.24, 2.45) is 4.99 Å². The summed E-state index contributed by atoms with van der Waals surface area (Å²) in [5, 5.41) is 5.46. The number of carbonyl (C=O) groups is 3.